The van der Waals surface area contributed by atoms with Gasteiger partial charge < -0.3 is 54.1 Å². The van der Waals surface area contributed by atoms with Gasteiger partial charge in [-0.1, -0.05) is 6.07 Å². The summed E-state index contributed by atoms with van der Waals surface area (Å²) in [5, 5.41) is 48.3. The Morgan fingerprint density at radius 2 is 1.56 bits per heavy atom. The number of carboxylic acids is 3. The maximum atomic E-state index is 13.6. The van der Waals surface area contributed by atoms with Gasteiger partial charge in [-0.25, -0.2) is 19.2 Å². The zero-order valence-electron chi connectivity index (χ0n) is 27.4. The van der Waals surface area contributed by atoms with Gasteiger partial charge in [0.15, 0.2) is 17.6 Å². The van der Waals surface area contributed by atoms with Crippen LogP contribution in [0.4, 0.5) is 13.2 Å². The number of esters is 4. The maximum absolute atomic E-state index is 13.6. The Morgan fingerprint density at radius 3 is 2.08 bits per heavy atom. The molecule has 2 aliphatic carbocycles. The standard InChI is InChI=1S/C29H31NO15.C2HF3O2/c1-12(31)41-22(23(42-13(2)32)27(39)44-17(25(36)37)11-19(34)35)26(38)43-16-6-7-29(40)18-10-14-4-5-15(33)21-20(14)28(29,24(16)45-21)8-9-30(18)3;3-2(4,5)1(6)7/h4-6,17-18,22-24,33,40H,7-11H2,1-3H3,(H,34,35)(H,36,37);(H,6,7)/t17-,18+,22+,23+,24-,28-,29+;/m0./s1. The van der Waals surface area contributed by atoms with Crippen LogP contribution < -0.4 is 4.74 Å². The van der Waals surface area contributed by atoms with Crippen LogP contribution in [-0.2, 0) is 64.3 Å². The fraction of sp³-hybridized carbons (Fsp3) is 0.516. The SMILES string of the molecule is CC(=O)O[C@@H](C(=O)OC1=CC[C@@]2(O)[C@H]3Cc4ccc(O)c5c4[C@@]2(CCN3C)[C@H]1O5)[C@@H](OC(C)=O)C(=O)O[C@@H](CC(=O)O)C(=O)O.O=C(O)C(F)(F)F. The third kappa shape index (κ3) is 7.17. The number of hydrogen-bond donors (Lipinski definition) is 5. The third-order valence-electron chi connectivity index (χ3n) is 9.03. The molecule has 0 radical (unpaired) electrons. The minimum absolute atomic E-state index is 0.0118. The van der Waals surface area contributed by atoms with Crippen molar-refractivity contribution in [1.82, 2.24) is 4.90 Å². The Balaban J connectivity index is 0.000000785. The van der Waals surface area contributed by atoms with Crippen molar-refractivity contribution < 1.29 is 95.9 Å². The molecule has 1 fully saturated rings. The van der Waals surface area contributed by atoms with E-state index in [4.69, 9.17) is 38.7 Å². The number of phenols is 1. The van der Waals surface area contributed by atoms with E-state index < -0.39 is 89.8 Å². The molecule has 0 amide bonds. The highest BCUT2D eigenvalue weighted by Gasteiger charge is 2.72. The van der Waals surface area contributed by atoms with Crippen LogP contribution in [0.25, 0.3) is 0 Å². The van der Waals surface area contributed by atoms with Crippen molar-refractivity contribution in [3.05, 3.63) is 35.1 Å². The number of alkyl halides is 3. The van der Waals surface area contributed by atoms with Crippen LogP contribution in [0.1, 0.15) is 44.2 Å². The van der Waals surface area contributed by atoms with Crippen LogP contribution in [0.2, 0.25) is 0 Å². The number of halogens is 3. The molecule has 18 nitrogen and oxygen atoms in total. The lowest BCUT2D eigenvalue weighted by Crippen LogP contribution is -2.74. The van der Waals surface area contributed by atoms with Gasteiger partial charge in [-0.15, -0.1) is 0 Å². The first-order valence-corrected chi connectivity index (χ1v) is 15.2. The summed E-state index contributed by atoms with van der Waals surface area (Å²) >= 11 is 0. The number of nitrogens with zero attached hydrogens (tertiary/aromatic N) is 1. The van der Waals surface area contributed by atoms with E-state index >= 15 is 0 Å². The van der Waals surface area contributed by atoms with Crippen molar-refractivity contribution in [3.8, 4) is 11.5 Å². The lowest BCUT2D eigenvalue weighted by Gasteiger charge is -2.61. The van der Waals surface area contributed by atoms with E-state index in [1.165, 1.54) is 12.1 Å². The monoisotopic (exact) mass is 747 g/mol. The molecule has 2 heterocycles. The number of carbonyl (C=O) groups is 7. The highest BCUT2D eigenvalue weighted by Crippen LogP contribution is 2.65. The summed E-state index contributed by atoms with van der Waals surface area (Å²) in [6, 6.07) is 2.87. The Labute approximate surface area is 290 Å². The van der Waals surface area contributed by atoms with E-state index in [1.54, 1.807) is 6.07 Å². The average Bonchev–Trinajstić information content (AvgIpc) is 3.38. The molecule has 4 aliphatic rings. The Kier molecular flexibility index (Phi) is 10.8. The molecule has 0 saturated carbocycles. The molecule has 5 rings (SSSR count). The van der Waals surface area contributed by atoms with Crippen LogP contribution in [0.3, 0.4) is 0 Å². The fourth-order valence-electron chi connectivity index (χ4n) is 6.98. The van der Waals surface area contributed by atoms with E-state index in [0.717, 1.165) is 19.4 Å². The summed E-state index contributed by atoms with van der Waals surface area (Å²) < 4.78 is 58.2. The number of aliphatic hydroxyl groups is 1. The molecular formula is C31H32F3NO17. The second-order valence-corrected chi connectivity index (χ2v) is 12.2. The summed E-state index contributed by atoms with van der Waals surface area (Å²) in [7, 11) is 1.88. The predicted octanol–water partition coefficient (Wildman–Crippen LogP) is 0.181. The molecule has 5 N–H and O–H groups in total. The van der Waals surface area contributed by atoms with Crippen LogP contribution in [0, 0.1) is 0 Å². The molecule has 1 spiro atoms. The van der Waals surface area contributed by atoms with E-state index in [1.807, 2.05) is 11.9 Å². The van der Waals surface area contributed by atoms with Crippen LogP contribution >= 0.6 is 0 Å². The van der Waals surface area contributed by atoms with Crippen LogP contribution in [0.15, 0.2) is 24.0 Å². The highest BCUT2D eigenvalue weighted by molar-refractivity contribution is 5.91. The zero-order valence-corrected chi connectivity index (χ0v) is 27.4. The first-order chi connectivity index (χ1) is 24.0. The van der Waals surface area contributed by atoms with Crippen molar-refractivity contribution >= 4 is 41.8 Å². The number of aromatic hydroxyl groups is 1. The molecule has 52 heavy (non-hydrogen) atoms. The van der Waals surface area contributed by atoms with Crippen LogP contribution in [-0.4, -0.2) is 128 Å². The molecule has 2 bridgehead atoms. The fourth-order valence-corrected chi connectivity index (χ4v) is 6.98. The number of likely N-dealkylation sites (tertiary alicyclic amines) is 1. The zero-order chi connectivity index (χ0) is 39.1. The Hall–Kier alpha value is -5.44. The van der Waals surface area contributed by atoms with Gasteiger partial charge in [0.25, 0.3) is 0 Å². The minimum atomic E-state index is -5.08. The van der Waals surface area contributed by atoms with Crippen molar-refractivity contribution in [2.75, 3.05) is 13.6 Å². The molecule has 7 atom stereocenters. The van der Waals surface area contributed by atoms with E-state index in [9.17, 15) is 57.3 Å². The van der Waals surface area contributed by atoms with Gasteiger partial charge in [-0.3, -0.25) is 14.4 Å². The topological polar surface area (TPSA) is 270 Å². The van der Waals surface area contributed by atoms with Crippen LogP contribution in [0.5, 0.6) is 11.5 Å². The smallest absolute Gasteiger partial charge is 0.490 e. The lowest BCUT2D eigenvalue weighted by atomic mass is 9.50. The molecule has 1 saturated heterocycles. The van der Waals surface area contributed by atoms with Crippen molar-refractivity contribution in [2.24, 2.45) is 0 Å². The minimum Gasteiger partial charge on any atom is -0.504 e. The number of carbonyl (C=O) groups excluding carboxylic acids is 4. The molecule has 0 aromatic heterocycles. The van der Waals surface area contributed by atoms with E-state index in [2.05, 4.69) is 0 Å². The quantitative estimate of drug-likeness (QED) is 0.158. The van der Waals surface area contributed by atoms with Gasteiger partial charge in [0.2, 0.25) is 18.3 Å². The molecule has 1 aromatic carbocycles. The number of hydrogen-bond acceptors (Lipinski definition) is 15. The lowest BCUT2D eigenvalue weighted by molar-refractivity contribution is -0.195. The number of carboxylic acid groups (broad SMARTS) is 3. The number of aliphatic carboxylic acids is 3. The normalized spacial score (nSPS) is 25.6. The van der Waals surface area contributed by atoms with Gasteiger partial charge in [0.05, 0.1) is 17.4 Å². The van der Waals surface area contributed by atoms with Crippen molar-refractivity contribution in [3.63, 3.8) is 0 Å². The number of rotatable bonds is 10. The van der Waals surface area contributed by atoms with Crippen molar-refractivity contribution in [2.45, 2.75) is 87.2 Å². The number of piperidine rings is 1. The largest absolute Gasteiger partial charge is 0.504 e. The Morgan fingerprint density at radius 1 is 0.981 bits per heavy atom. The summed E-state index contributed by atoms with van der Waals surface area (Å²) in [4.78, 5) is 84.0. The highest BCUT2D eigenvalue weighted by atomic mass is 19.4. The van der Waals surface area contributed by atoms with Gasteiger partial charge >= 0.3 is 48.0 Å². The number of phenolic OH excluding ortho intramolecular Hbond substituents is 1. The molecule has 21 heteroatoms. The molecule has 1 aromatic rings. The maximum Gasteiger partial charge on any atom is 0.490 e. The summed E-state index contributed by atoms with van der Waals surface area (Å²) in [5.41, 5.74) is -1.13. The second kappa shape index (κ2) is 14.3. The van der Waals surface area contributed by atoms with Gasteiger partial charge in [-0.05, 0) is 44.1 Å². The first-order valence-electron chi connectivity index (χ1n) is 15.2. The average molecular weight is 748 g/mol. The summed E-state index contributed by atoms with van der Waals surface area (Å²) in [6.07, 6.45) is -12.2. The number of likely N-dealkylation sites (N-methyl/N-ethyl adjacent to an activating group) is 1. The molecule has 0 unspecified atom stereocenters. The molecule has 284 valence electrons. The van der Waals surface area contributed by atoms with Gasteiger partial charge in [0, 0.05) is 31.9 Å². The first kappa shape index (κ1) is 39.3. The number of ether oxygens (including phenoxy) is 5. The predicted molar refractivity (Wildman–Crippen MR) is 157 cm³/mol. The third-order valence-corrected chi connectivity index (χ3v) is 9.03. The van der Waals surface area contributed by atoms with Crippen molar-refractivity contribution in [1.29, 1.82) is 0 Å². The molecular weight excluding hydrogens is 715 g/mol. The Bertz CT molecular complexity index is 1730. The van der Waals surface area contributed by atoms with Gasteiger partial charge in [-0.2, -0.15) is 13.2 Å². The summed E-state index contributed by atoms with van der Waals surface area (Å²) in [6.45, 7) is 2.25. The summed E-state index contributed by atoms with van der Waals surface area (Å²) in [5.74, 6) is -11.9. The van der Waals surface area contributed by atoms with Gasteiger partial charge in [0.1, 0.15) is 5.76 Å². The second-order valence-electron chi connectivity index (χ2n) is 12.2. The van der Waals surface area contributed by atoms with E-state index in [0.29, 0.717) is 24.9 Å². The van der Waals surface area contributed by atoms with E-state index in [-0.39, 0.29) is 29.7 Å². The molecule has 2 aliphatic heterocycles. The number of benzene rings is 1.